The zero-order valence-electron chi connectivity index (χ0n) is 11.4. The van der Waals surface area contributed by atoms with Crippen molar-refractivity contribution in [3.05, 3.63) is 23.8 Å². The van der Waals surface area contributed by atoms with Gasteiger partial charge in [-0.1, -0.05) is 12.1 Å². The number of para-hydroxylation sites is 1. The van der Waals surface area contributed by atoms with Crippen LogP contribution in [0.5, 0.6) is 11.5 Å². The molecular formula is C15H21NO3. The highest BCUT2D eigenvalue weighted by Gasteiger charge is 2.22. The number of nitrogens with zero attached hydrogens (tertiary/aromatic N) is 1. The van der Waals surface area contributed by atoms with Crippen LogP contribution in [0.3, 0.4) is 0 Å². The van der Waals surface area contributed by atoms with Gasteiger partial charge in [-0.25, -0.2) is 0 Å². The zero-order valence-corrected chi connectivity index (χ0v) is 11.4. The van der Waals surface area contributed by atoms with Crippen molar-refractivity contribution in [3.63, 3.8) is 0 Å². The maximum atomic E-state index is 5.68. The Balaban J connectivity index is 1.60. The van der Waals surface area contributed by atoms with Gasteiger partial charge < -0.3 is 14.2 Å². The van der Waals surface area contributed by atoms with Gasteiger partial charge in [-0.15, -0.1) is 0 Å². The van der Waals surface area contributed by atoms with E-state index in [2.05, 4.69) is 17.9 Å². The van der Waals surface area contributed by atoms with Crippen LogP contribution in [0, 0.1) is 0 Å². The van der Waals surface area contributed by atoms with E-state index in [-0.39, 0.29) is 0 Å². The molecule has 0 unspecified atom stereocenters. The minimum absolute atomic E-state index is 0.346. The highest BCUT2D eigenvalue weighted by Crippen LogP contribution is 2.36. The van der Waals surface area contributed by atoms with E-state index in [1.54, 1.807) is 0 Å². The van der Waals surface area contributed by atoms with Gasteiger partial charge in [-0.2, -0.15) is 0 Å². The first-order chi connectivity index (χ1) is 9.36. The Morgan fingerprint density at radius 2 is 2.11 bits per heavy atom. The Labute approximate surface area is 114 Å². The van der Waals surface area contributed by atoms with Crippen molar-refractivity contribution >= 4 is 0 Å². The number of likely N-dealkylation sites (tertiary alicyclic amines) is 1. The molecule has 1 saturated heterocycles. The summed E-state index contributed by atoms with van der Waals surface area (Å²) in [6.45, 7) is 6.35. The smallest absolute Gasteiger partial charge is 0.231 e. The molecule has 104 valence electrons. The summed E-state index contributed by atoms with van der Waals surface area (Å²) in [5, 5.41) is 0. The number of fused-ring (bicyclic) bond motifs is 1. The molecule has 1 aromatic rings. The fourth-order valence-corrected chi connectivity index (χ4v) is 2.83. The van der Waals surface area contributed by atoms with Crippen LogP contribution < -0.4 is 9.47 Å². The standard InChI is InChI=1S/C15H21NO3/c1-2-17-13-6-8-16(9-7-13)10-12-4-3-5-14-15(12)19-11-18-14/h3-5,13H,2,6-11H2,1H3. The van der Waals surface area contributed by atoms with E-state index in [0.29, 0.717) is 12.9 Å². The summed E-state index contributed by atoms with van der Waals surface area (Å²) >= 11 is 0. The van der Waals surface area contributed by atoms with Gasteiger partial charge in [-0.3, -0.25) is 4.90 Å². The van der Waals surface area contributed by atoms with Crippen molar-refractivity contribution in [2.75, 3.05) is 26.5 Å². The molecule has 1 aromatic carbocycles. The highest BCUT2D eigenvalue weighted by molar-refractivity contribution is 5.48. The first-order valence-corrected chi connectivity index (χ1v) is 7.08. The Morgan fingerprint density at radius 3 is 2.89 bits per heavy atom. The molecule has 0 radical (unpaired) electrons. The molecule has 0 N–H and O–H groups in total. The monoisotopic (exact) mass is 263 g/mol. The van der Waals surface area contributed by atoms with E-state index < -0.39 is 0 Å². The molecule has 0 amide bonds. The predicted molar refractivity (Wildman–Crippen MR) is 72.5 cm³/mol. The minimum atomic E-state index is 0.346. The summed E-state index contributed by atoms with van der Waals surface area (Å²) in [7, 11) is 0. The third kappa shape index (κ3) is 2.85. The molecular weight excluding hydrogens is 242 g/mol. The van der Waals surface area contributed by atoms with Crippen LogP contribution in [0.15, 0.2) is 18.2 Å². The first kappa shape index (κ1) is 12.8. The molecule has 0 saturated carbocycles. The van der Waals surface area contributed by atoms with Gasteiger partial charge in [0.05, 0.1) is 6.10 Å². The van der Waals surface area contributed by atoms with Crippen molar-refractivity contribution in [2.24, 2.45) is 0 Å². The number of piperidine rings is 1. The third-order valence-corrected chi connectivity index (χ3v) is 3.81. The van der Waals surface area contributed by atoms with Gasteiger partial charge in [0.25, 0.3) is 0 Å². The normalized spacial score (nSPS) is 19.8. The lowest BCUT2D eigenvalue weighted by atomic mass is 10.1. The van der Waals surface area contributed by atoms with Crippen LogP contribution in [0.2, 0.25) is 0 Å². The van der Waals surface area contributed by atoms with Gasteiger partial charge in [0, 0.05) is 31.8 Å². The molecule has 19 heavy (non-hydrogen) atoms. The SMILES string of the molecule is CCOC1CCN(Cc2cccc3c2OCO3)CC1. The third-order valence-electron chi connectivity index (χ3n) is 3.81. The second-order valence-electron chi connectivity index (χ2n) is 5.08. The van der Waals surface area contributed by atoms with Crippen molar-refractivity contribution in [2.45, 2.75) is 32.4 Å². The molecule has 1 fully saturated rings. The summed E-state index contributed by atoms with van der Waals surface area (Å²) in [5.74, 6) is 1.80. The van der Waals surface area contributed by atoms with Crippen molar-refractivity contribution < 1.29 is 14.2 Å². The lowest BCUT2D eigenvalue weighted by Crippen LogP contribution is -2.36. The van der Waals surface area contributed by atoms with Gasteiger partial charge in [0.2, 0.25) is 6.79 Å². The van der Waals surface area contributed by atoms with Crippen LogP contribution in [0.4, 0.5) is 0 Å². The van der Waals surface area contributed by atoms with Gasteiger partial charge >= 0.3 is 0 Å². The fourth-order valence-electron chi connectivity index (χ4n) is 2.83. The Hall–Kier alpha value is -1.26. The molecule has 4 heteroatoms. The van der Waals surface area contributed by atoms with Crippen LogP contribution in [0.25, 0.3) is 0 Å². The predicted octanol–water partition coefficient (Wildman–Crippen LogP) is 2.42. The Morgan fingerprint density at radius 1 is 1.26 bits per heavy atom. The topological polar surface area (TPSA) is 30.9 Å². The summed E-state index contributed by atoms with van der Waals surface area (Å²) < 4.78 is 16.7. The second kappa shape index (κ2) is 5.80. The molecule has 2 aliphatic rings. The lowest BCUT2D eigenvalue weighted by molar-refractivity contribution is 0.0124. The first-order valence-electron chi connectivity index (χ1n) is 7.08. The average molecular weight is 263 g/mol. The number of hydrogen-bond donors (Lipinski definition) is 0. The Bertz CT molecular complexity index is 427. The highest BCUT2D eigenvalue weighted by atomic mass is 16.7. The molecule has 2 heterocycles. The van der Waals surface area contributed by atoms with Crippen molar-refractivity contribution in [3.8, 4) is 11.5 Å². The van der Waals surface area contributed by atoms with Crippen LogP contribution in [0.1, 0.15) is 25.3 Å². The summed E-state index contributed by atoms with van der Waals surface area (Å²) in [6.07, 6.45) is 2.70. The van der Waals surface area contributed by atoms with Crippen LogP contribution in [-0.4, -0.2) is 37.5 Å². The van der Waals surface area contributed by atoms with E-state index >= 15 is 0 Å². The second-order valence-corrected chi connectivity index (χ2v) is 5.08. The average Bonchev–Trinajstić information content (AvgIpc) is 2.91. The molecule has 4 nitrogen and oxygen atoms in total. The van der Waals surface area contributed by atoms with Gasteiger partial charge in [-0.05, 0) is 25.8 Å². The van der Waals surface area contributed by atoms with Crippen molar-refractivity contribution in [1.82, 2.24) is 4.90 Å². The lowest BCUT2D eigenvalue weighted by Gasteiger charge is -2.31. The molecule has 0 bridgehead atoms. The van der Waals surface area contributed by atoms with Crippen LogP contribution in [-0.2, 0) is 11.3 Å². The number of ether oxygens (including phenoxy) is 3. The quantitative estimate of drug-likeness (QED) is 0.834. The fraction of sp³-hybridized carbons (Fsp3) is 0.600. The van der Waals surface area contributed by atoms with Gasteiger partial charge in [0.15, 0.2) is 11.5 Å². The molecule has 0 aliphatic carbocycles. The van der Waals surface area contributed by atoms with Crippen molar-refractivity contribution in [1.29, 1.82) is 0 Å². The number of benzene rings is 1. The van der Waals surface area contributed by atoms with E-state index in [1.807, 2.05) is 12.1 Å². The van der Waals surface area contributed by atoms with Crippen LogP contribution >= 0.6 is 0 Å². The zero-order chi connectivity index (χ0) is 13.1. The molecule has 3 rings (SSSR count). The molecule has 0 aromatic heterocycles. The van der Waals surface area contributed by atoms with E-state index in [1.165, 1.54) is 5.56 Å². The largest absolute Gasteiger partial charge is 0.454 e. The summed E-state index contributed by atoms with van der Waals surface area (Å²) in [6, 6.07) is 6.13. The Kier molecular flexibility index (Phi) is 3.89. The number of rotatable bonds is 4. The molecule has 0 atom stereocenters. The molecule has 2 aliphatic heterocycles. The van der Waals surface area contributed by atoms with Gasteiger partial charge in [0.1, 0.15) is 0 Å². The van der Waals surface area contributed by atoms with E-state index in [9.17, 15) is 0 Å². The molecule has 0 spiro atoms. The summed E-state index contributed by atoms with van der Waals surface area (Å²) in [5.41, 5.74) is 1.23. The maximum Gasteiger partial charge on any atom is 0.231 e. The summed E-state index contributed by atoms with van der Waals surface area (Å²) in [4.78, 5) is 2.47. The minimum Gasteiger partial charge on any atom is -0.454 e. The number of hydrogen-bond acceptors (Lipinski definition) is 4. The maximum absolute atomic E-state index is 5.68. The van der Waals surface area contributed by atoms with E-state index in [4.69, 9.17) is 14.2 Å². The van der Waals surface area contributed by atoms with E-state index in [0.717, 1.165) is 50.6 Å².